The maximum absolute atomic E-state index is 12.7. The zero-order valence-electron chi connectivity index (χ0n) is 8.40. The lowest BCUT2D eigenvalue weighted by molar-refractivity contribution is -0.138. The van der Waals surface area contributed by atoms with Crippen molar-refractivity contribution in [2.24, 2.45) is 0 Å². The maximum Gasteiger partial charge on any atom is 0.420 e. The Kier molecular flexibility index (Phi) is 2.91. The summed E-state index contributed by atoms with van der Waals surface area (Å²) in [6, 6.07) is 2.01. The first-order chi connectivity index (χ1) is 7.88. The van der Waals surface area contributed by atoms with Crippen LogP contribution in [0.3, 0.4) is 0 Å². The average Bonchev–Trinajstić information content (AvgIpc) is 2.35. The van der Waals surface area contributed by atoms with Gasteiger partial charge in [-0.1, -0.05) is 11.6 Å². The van der Waals surface area contributed by atoms with Crippen LogP contribution in [0.4, 0.5) is 18.9 Å². The molecular weight excluding hydrogens is 259 g/mol. The fourth-order valence-electron chi connectivity index (χ4n) is 1.51. The summed E-state index contributed by atoms with van der Waals surface area (Å²) in [7, 11) is 0. The second kappa shape index (κ2) is 4.10. The third kappa shape index (κ3) is 2.46. The first kappa shape index (κ1) is 12.0. The van der Waals surface area contributed by atoms with Crippen LogP contribution in [0.1, 0.15) is 12.0 Å². The molecule has 1 aliphatic heterocycles. The highest BCUT2D eigenvalue weighted by atomic mass is 35.5. The summed E-state index contributed by atoms with van der Waals surface area (Å²) in [5.74, 6) is -0.785. The zero-order chi connectivity index (χ0) is 12.6. The van der Waals surface area contributed by atoms with Crippen LogP contribution in [0, 0.1) is 0 Å². The van der Waals surface area contributed by atoms with Crippen LogP contribution in [0.2, 0.25) is 5.02 Å². The number of fused-ring (bicyclic) bond motifs is 1. The second-order valence-electron chi connectivity index (χ2n) is 3.47. The highest BCUT2D eigenvalue weighted by molar-refractivity contribution is 6.31. The SMILES string of the molecule is O=C1CCOc2c(cc(Cl)cc2C(F)(F)F)N1. The van der Waals surface area contributed by atoms with Crippen LogP contribution < -0.4 is 10.1 Å². The van der Waals surface area contributed by atoms with Gasteiger partial charge in [0.2, 0.25) is 5.91 Å². The van der Waals surface area contributed by atoms with Crippen molar-refractivity contribution in [1.29, 1.82) is 0 Å². The molecule has 1 N–H and O–H groups in total. The first-order valence-electron chi connectivity index (χ1n) is 4.71. The number of hydrogen-bond acceptors (Lipinski definition) is 2. The van der Waals surface area contributed by atoms with E-state index in [0.29, 0.717) is 0 Å². The van der Waals surface area contributed by atoms with Crippen LogP contribution in [0.15, 0.2) is 12.1 Å². The molecular formula is C10H7ClF3NO2. The normalized spacial score (nSPS) is 15.6. The summed E-state index contributed by atoms with van der Waals surface area (Å²) >= 11 is 5.58. The van der Waals surface area contributed by atoms with Crippen molar-refractivity contribution in [3.8, 4) is 5.75 Å². The highest BCUT2D eigenvalue weighted by Gasteiger charge is 2.37. The van der Waals surface area contributed by atoms with Crippen molar-refractivity contribution >= 4 is 23.2 Å². The van der Waals surface area contributed by atoms with Gasteiger partial charge in [-0.05, 0) is 12.1 Å². The lowest BCUT2D eigenvalue weighted by Crippen LogP contribution is -2.11. The minimum atomic E-state index is -4.58. The van der Waals surface area contributed by atoms with Gasteiger partial charge in [0, 0.05) is 5.02 Å². The van der Waals surface area contributed by atoms with E-state index in [2.05, 4.69) is 5.32 Å². The predicted molar refractivity (Wildman–Crippen MR) is 55.2 cm³/mol. The third-order valence-corrected chi connectivity index (χ3v) is 2.43. The zero-order valence-corrected chi connectivity index (χ0v) is 9.15. The number of amides is 1. The van der Waals surface area contributed by atoms with E-state index < -0.39 is 17.6 Å². The summed E-state index contributed by atoms with van der Waals surface area (Å²) in [4.78, 5) is 11.2. The van der Waals surface area contributed by atoms with E-state index in [1.54, 1.807) is 0 Å². The number of anilines is 1. The van der Waals surface area contributed by atoms with Crippen molar-refractivity contribution < 1.29 is 22.7 Å². The minimum absolute atomic E-state index is 0.00357. The van der Waals surface area contributed by atoms with E-state index in [1.807, 2.05) is 0 Å². The standard InChI is InChI=1S/C10H7ClF3NO2/c11-5-3-6(10(12,13)14)9-7(4-5)15-8(16)1-2-17-9/h3-4H,1-2H2,(H,15,16). The van der Waals surface area contributed by atoms with Crippen LogP contribution >= 0.6 is 11.6 Å². The number of carbonyl (C=O) groups is 1. The number of alkyl halides is 3. The molecule has 3 nitrogen and oxygen atoms in total. The molecule has 0 spiro atoms. The minimum Gasteiger partial charge on any atom is -0.490 e. The highest BCUT2D eigenvalue weighted by Crippen LogP contribution is 2.43. The molecule has 92 valence electrons. The summed E-state index contributed by atoms with van der Waals surface area (Å²) in [5.41, 5.74) is -1.03. The number of rotatable bonds is 0. The largest absolute Gasteiger partial charge is 0.490 e. The molecule has 0 aromatic heterocycles. The van der Waals surface area contributed by atoms with Crippen molar-refractivity contribution in [1.82, 2.24) is 0 Å². The average molecular weight is 266 g/mol. The van der Waals surface area contributed by atoms with Gasteiger partial charge in [-0.3, -0.25) is 4.79 Å². The molecule has 1 heterocycles. The lowest BCUT2D eigenvalue weighted by Gasteiger charge is -2.15. The number of hydrogen-bond donors (Lipinski definition) is 1. The van der Waals surface area contributed by atoms with Crippen molar-refractivity contribution in [3.05, 3.63) is 22.7 Å². The molecule has 0 bridgehead atoms. The Labute approximate surface area is 99.5 Å². The monoisotopic (exact) mass is 265 g/mol. The van der Waals surface area contributed by atoms with Crippen molar-refractivity contribution in [2.45, 2.75) is 12.6 Å². The van der Waals surface area contributed by atoms with Gasteiger partial charge in [0.15, 0.2) is 5.75 Å². The van der Waals surface area contributed by atoms with Gasteiger partial charge in [0.25, 0.3) is 0 Å². The fraction of sp³-hybridized carbons (Fsp3) is 0.300. The van der Waals surface area contributed by atoms with Crippen LogP contribution in [0.25, 0.3) is 0 Å². The number of benzene rings is 1. The molecule has 2 rings (SSSR count). The van der Waals surface area contributed by atoms with Gasteiger partial charge >= 0.3 is 6.18 Å². The van der Waals surface area contributed by atoms with E-state index in [1.165, 1.54) is 6.07 Å². The van der Waals surface area contributed by atoms with E-state index in [-0.39, 0.29) is 29.5 Å². The molecule has 17 heavy (non-hydrogen) atoms. The molecule has 0 fully saturated rings. The van der Waals surface area contributed by atoms with Crippen LogP contribution in [-0.4, -0.2) is 12.5 Å². The molecule has 1 aromatic rings. The summed E-state index contributed by atoms with van der Waals surface area (Å²) < 4.78 is 43.2. The van der Waals surface area contributed by atoms with E-state index >= 15 is 0 Å². The van der Waals surface area contributed by atoms with Crippen molar-refractivity contribution in [3.63, 3.8) is 0 Å². The van der Waals surface area contributed by atoms with Gasteiger partial charge in [-0.2, -0.15) is 13.2 Å². The fourth-order valence-corrected chi connectivity index (χ4v) is 1.73. The maximum atomic E-state index is 12.7. The van der Waals surface area contributed by atoms with E-state index in [9.17, 15) is 18.0 Å². The smallest absolute Gasteiger partial charge is 0.420 e. The Morgan fingerprint density at radius 3 is 2.71 bits per heavy atom. The number of carbonyl (C=O) groups excluding carboxylic acids is 1. The molecule has 0 aliphatic carbocycles. The Morgan fingerprint density at radius 2 is 2.06 bits per heavy atom. The third-order valence-electron chi connectivity index (χ3n) is 2.21. The van der Waals surface area contributed by atoms with Crippen molar-refractivity contribution in [2.75, 3.05) is 11.9 Å². The molecule has 1 amide bonds. The van der Waals surface area contributed by atoms with E-state index in [4.69, 9.17) is 16.3 Å². The van der Waals surface area contributed by atoms with Gasteiger partial charge in [-0.25, -0.2) is 0 Å². The quantitative estimate of drug-likeness (QED) is 0.783. The first-order valence-corrected chi connectivity index (χ1v) is 5.09. The molecule has 0 saturated carbocycles. The molecule has 0 atom stereocenters. The molecule has 0 saturated heterocycles. The summed E-state index contributed by atoms with van der Waals surface area (Å²) in [5, 5.41) is 2.22. The Morgan fingerprint density at radius 1 is 1.35 bits per heavy atom. The lowest BCUT2D eigenvalue weighted by atomic mass is 10.1. The number of nitrogens with one attached hydrogen (secondary N) is 1. The number of halogens is 4. The van der Waals surface area contributed by atoms with E-state index in [0.717, 1.165) is 6.07 Å². The molecule has 1 aliphatic rings. The summed E-state index contributed by atoms with van der Waals surface area (Å²) in [6.45, 7) is -0.0937. The predicted octanol–water partition coefficient (Wildman–Crippen LogP) is 3.08. The topological polar surface area (TPSA) is 38.3 Å². The van der Waals surface area contributed by atoms with Gasteiger partial charge in [-0.15, -0.1) is 0 Å². The molecule has 0 radical (unpaired) electrons. The van der Waals surface area contributed by atoms with Gasteiger partial charge in [0.05, 0.1) is 18.7 Å². The second-order valence-corrected chi connectivity index (χ2v) is 3.91. The van der Waals surface area contributed by atoms with Gasteiger partial charge < -0.3 is 10.1 Å². The van der Waals surface area contributed by atoms with Crippen LogP contribution in [-0.2, 0) is 11.0 Å². The Hall–Kier alpha value is -1.43. The molecule has 1 aromatic carbocycles. The summed E-state index contributed by atoms with van der Waals surface area (Å²) in [6.07, 6.45) is -4.58. The molecule has 0 unspecified atom stereocenters. The Balaban J connectivity index is 2.58. The van der Waals surface area contributed by atoms with Crippen LogP contribution in [0.5, 0.6) is 5.75 Å². The number of ether oxygens (including phenoxy) is 1. The Bertz CT molecular complexity index is 473. The molecule has 7 heteroatoms. The van der Waals surface area contributed by atoms with Gasteiger partial charge in [0.1, 0.15) is 5.56 Å².